The van der Waals surface area contributed by atoms with Gasteiger partial charge in [-0.15, -0.1) is 0 Å². The quantitative estimate of drug-likeness (QED) is 0.489. The first-order chi connectivity index (χ1) is 10.8. The van der Waals surface area contributed by atoms with E-state index in [0.29, 0.717) is 0 Å². The van der Waals surface area contributed by atoms with Gasteiger partial charge < -0.3 is 0 Å². The van der Waals surface area contributed by atoms with E-state index in [-0.39, 0.29) is 0 Å². The first-order valence-corrected chi connectivity index (χ1v) is 10.8. The van der Waals surface area contributed by atoms with Gasteiger partial charge in [0, 0.05) is 0 Å². The minimum absolute atomic E-state index is 0.852. The van der Waals surface area contributed by atoms with Crippen molar-refractivity contribution in [3.8, 4) is 0 Å². The molecule has 0 aliphatic heterocycles. The van der Waals surface area contributed by atoms with Crippen molar-refractivity contribution in [3.05, 3.63) is 0 Å². The van der Waals surface area contributed by atoms with Crippen LogP contribution in [0.3, 0.4) is 0 Å². The molecule has 0 spiro atoms. The van der Waals surface area contributed by atoms with Crippen LogP contribution in [0.2, 0.25) is 0 Å². The van der Waals surface area contributed by atoms with E-state index in [1.807, 2.05) is 0 Å². The van der Waals surface area contributed by atoms with Crippen molar-refractivity contribution in [2.45, 2.75) is 113 Å². The summed E-state index contributed by atoms with van der Waals surface area (Å²) in [6.07, 6.45) is 13.4. The fraction of sp³-hybridized carbons (Fsp3) is 1.00. The monoisotopic (exact) mass is 324 g/mol. The molecule has 0 aromatic rings. The average molecular weight is 325 g/mol. The van der Waals surface area contributed by atoms with E-state index in [2.05, 4.69) is 55.4 Å². The van der Waals surface area contributed by atoms with E-state index in [4.69, 9.17) is 0 Å². The fourth-order valence-corrected chi connectivity index (χ4v) is 3.42. The molecule has 0 aromatic heterocycles. The smallest absolute Gasteiger partial charge is 0.0391 e. The molecule has 0 unspecified atom stereocenters. The summed E-state index contributed by atoms with van der Waals surface area (Å²) in [5, 5.41) is 0. The summed E-state index contributed by atoms with van der Waals surface area (Å²) in [6.45, 7) is 18.4. The molecule has 2 aliphatic rings. The highest BCUT2D eigenvalue weighted by atomic mass is 14.2. The molecule has 2 rings (SSSR count). The Balaban J connectivity index is 0.000000323. The van der Waals surface area contributed by atoms with E-state index in [0.717, 1.165) is 35.5 Å². The van der Waals surface area contributed by atoms with Gasteiger partial charge >= 0.3 is 0 Å². The second kappa shape index (κ2) is 13.3. The lowest BCUT2D eigenvalue weighted by molar-refractivity contribution is 0.279. The zero-order valence-electron chi connectivity index (χ0n) is 17.8. The molecule has 2 saturated carbocycles. The lowest BCUT2D eigenvalue weighted by atomic mass is 9.82. The number of hydrogen-bond acceptors (Lipinski definition) is 0. The first-order valence-electron chi connectivity index (χ1n) is 10.8. The highest BCUT2D eigenvalue weighted by molar-refractivity contribution is 4.69. The highest BCUT2D eigenvalue weighted by Gasteiger charge is 2.17. The molecule has 0 amide bonds. The maximum atomic E-state index is 2.36. The summed E-state index contributed by atoms with van der Waals surface area (Å²) in [7, 11) is 0. The van der Waals surface area contributed by atoms with Crippen LogP contribution in [0.25, 0.3) is 0 Å². The van der Waals surface area contributed by atoms with Gasteiger partial charge in [-0.25, -0.2) is 0 Å². The van der Waals surface area contributed by atoms with Crippen LogP contribution in [0.1, 0.15) is 113 Å². The molecule has 0 N–H and O–H groups in total. The summed E-state index contributed by atoms with van der Waals surface area (Å²) in [5.41, 5.74) is 0. The van der Waals surface area contributed by atoms with Gasteiger partial charge in [0.05, 0.1) is 0 Å². The molecule has 0 aromatic carbocycles. The molecule has 23 heavy (non-hydrogen) atoms. The van der Waals surface area contributed by atoms with Crippen LogP contribution in [-0.2, 0) is 0 Å². The Kier molecular flexibility index (Phi) is 13.3. The van der Waals surface area contributed by atoms with Crippen LogP contribution in [0.5, 0.6) is 0 Å². The van der Waals surface area contributed by atoms with Gasteiger partial charge in [-0.3, -0.25) is 0 Å². The predicted molar refractivity (Wildman–Crippen MR) is 108 cm³/mol. The predicted octanol–water partition coefficient (Wildman–Crippen LogP) is 8.35. The topological polar surface area (TPSA) is 0 Å². The van der Waals surface area contributed by atoms with E-state index in [9.17, 15) is 0 Å². The summed E-state index contributed by atoms with van der Waals surface area (Å²) >= 11 is 0. The molecule has 140 valence electrons. The van der Waals surface area contributed by atoms with E-state index in [1.165, 1.54) is 57.8 Å². The second-order valence-corrected chi connectivity index (χ2v) is 9.42. The average Bonchev–Trinajstić information content (AvgIpc) is 3.04. The van der Waals surface area contributed by atoms with Crippen molar-refractivity contribution in [3.63, 3.8) is 0 Å². The van der Waals surface area contributed by atoms with Gasteiger partial charge in [0.1, 0.15) is 0 Å². The van der Waals surface area contributed by atoms with Crippen molar-refractivity contribution in [1.82, 2.24) is 0 Å². The summed E-state index contributed by atoms with van der Waals surface area (Å²) in [4.78, 5) is 0. The normalized spacial score (nSPS) is 19.8. The van der Waals surface area contributed by atoms with Crippen LogP contribution >= 0.6 is 0 Å². The van der Waals surface area contributed by atoms with Crippen molar-refractivity contribution >= 4 is 0 Å². The van der Waals surface area contributed by atoms with Gasteiger partial charge in [0.25, 0.3) is 0 Å². The summed E-state index contributed by atoms with van der Waals surface area (Å²) in [6, 6.07) is 0. The van der Waals surface area contributed by atoms with Crippen molar-refractivity contribution in [1.29, 1.82) is 0 Å². The number of hydrogen-bond donors (Lipinski definition) is 0. The van der Waals surface area contributed by atoms with Gasteiger partial charge in [-0.2, -0.15) is 0 Å². The molecule has 0 radical (unpaired) electrons. The Hall–Kier alpha value is 0. The third-order valence-electron chi connectivity index (χ3n) is 6.27. The van der Waals surface area contributed by atoms with E-state index in [1.54, 1.807) is 0 Å². The minimum atomic E-state index is 0.852. The fourth-order valence-electron chi connectivity index (χ4n) is 3.42. The Morgan fingerprint density at radius 2 is 0.696 bits per heavy atom. The Bertz CT molecular complexity index is 231. The zero-order chi connectivity index (χ0) is 17.8. The zero-order valence-corrected chi connectivity index (χ0v) is 17.8. The maximum absolute atomic E-state index is 2.36. The molecular formula is C23H48. The molecule has 2 aliphatic carbocycles. The van der Waals surface area contributed by atoms with Crippen LogP contribution in [0.15, 0.2) is 0 Å². The van der Waals surface area contributed by atoms with Gasteiger partial charge in [0.15, 0.2) is 0 Å². The minimum Gasteiger partial charge on any atom is -0.0625 e. The number of rotatable bonds is 3. The molecule has 0 heteroatoms. The van der Waals surface area contributed by atoms with Gasteiger partial charge in [-0.05, 0) is 35.5 Å². The van der Waals surface area contributed by atoms with Gasteiger partial charge in [-0.1, -0.05) is 113 Å². The third-order valence-corrected chi connectivity index (χ3v) is 6.27. The lowest BCUT2D eigenvalue weighted by Gasteiger charge is -2.24. The summed E-state index contributed by atoms with van der Waals surface area (Å²) in [5.74, 6) is 5.70. The first kappa shape index (κ1) is 23.0. The van der Waals surface area contributed by atoms with Crippen LogP contribution < -0.4 is 0 Å². The largest absolute Gasteiger partial charge is 0.0625 e. The Morgan fingerprint density at radius 1 is 0.435 bits per heavy atom. The second-order valence-electron chi connectivity index (χ2n) is 9.42. The van der Waals surface area contributed by atoms with Crippen molar-refractivity contribution < 1.29 is 0 Å². The molecule has 0 heterocycles. The summed E-state index contributed by atoms with van der Waals surface area (Å²) < 4.78 is 0. The standard InChI is InChI=1S/C9H18.C8H16.C6H14/c1-8(2)9-6-4-3-5-7-9;1-7(2)8-5-3-4-6-8;1-5(2)6(3)4/h8-9H,3-7H2,1-2H3;7-8H,3-6H2,1-2H3;5-6H,1-4H3. The Labute approximate surface area is 149 Å². The maximum Gasteiger partial charge on any atom is -0.0391 e. The highest BCUT2D eigenvalue weighted by Crippen LogP contribution is 2.30. The third kappa shape index (κ3) is 12.1. The molecule has 0 atom stereocenters. The SMILES string of the molecule is CC(C)C(C)C.CC(C)C1CCCC1.CC(C)C1CCCCC1. The molecular weight excluding hydrogens is 276 g/mol. The lowest BCUT2D eigenvalue weighted by Crippen LogP contribution is -2.12. The molecule has 2 fully saturated rings. The van der Waals surface area contributed by atoms with E-state index >= 15 is 0 Å². The van der Waals surface area contributed by atoms with Crippen LogP contribution in [0, 0.1) is 35.5 Å². The van der Waals surface area contributed by atoms with Crippen molar-refractivity contribution in [2.75, 3.05) is 0 Å². The van der Waals surface area contributed by atoms with E-state index < -0.39 is 0 Å². The molecule has 0 saturated heterocycles. The van der Waals surface area contributed by atoms with Gasteiger partial charge in [0.2, 0.25) is 0 Å². The van der Waals surface area contributed by atoms with Crippen LogP contribution in [0.4, 0.5) is 0 Å². The molecule has 0 nitrogen and oxygen atoms in total. The molecule has 0 bridgehead atoms. The van der Waals surface area contributed by atoms with Crippen molar-refractivity contribution in [2.24, 2.45) is 35.5 Å². The van der Waals surface area contributed by atoms with Crippen LogP contribution in [-0.4, -0.2) is 0 Å². The Morgan fingerprint density at radius 3 is 0.870 bits per heavy atom.